The number of rotatable bonds is 5. The Bertz CT molecular complexity index is 1720. The molecule has 0 N–H and O–H groups in total. The van der Waals surface area contributed by atoms with Crippen LogP contribution in [0.4, 0.5) is 11.4 Å². The highest BCUT2D eigenvalue weighted by Crippen LogP contribution is 2.37. The molecule has 1 aromatic heterocycles. The van der Waals surface area contributed by atoms with E-state index in [1.165, 1.54) is 59.9 Å². The van der Waals surface area contributed by atoms with Crippen molar-refractivity contribution in [3.05, 3.63) is 111 Å². The maximum atomic E-state index is 13.3. The molecule has 0 bridgehead atoms. The molecule has 0 radical (unpaired) electrons. The first-order valence-corrected chi connectivity index (χ1v) is 11.9. The number of hydrogen-bond donors (Lipinski definition) is 0. The minimum absolute atomic E-state index is 0.0238. The molecule has 37 heavy (non-hydrogen) atoms. The van der Waals surface area contributed by atoms with Crippen molar-refractivity contribution in [2.45, 2.75) is 6.61 Å². The number of benzene rings is 4. The molecule has 0 unspecified atom stereocenters. The number of thiazole rings is 1. The van der Waals surface area contributed by atoms with Gasteiger partial charge in [-0.15, -0.1) is 11.3 Å². The third kappa shape index (κ3) is 3.71. The monoisotopic (exact) mass is 509 g/mol. The number of non-ortho nitro benzene ring substituents is 1. The number of amides is 2. The van der Waals surface area contributed by atoms with Crippen LogP contribution in [-0.2, 0) is 11.3 Å². The molecule has 10 heteroatoms. The van der Waals surface area contributed by atoms with Crippen LogP contribution >= 0.6 is 11.3 Å². The van der Waals surface area contributed by atoms with Gasteiger partial charge < -0.3 is 4.74 Å². The predicted molar refractivity (Wildman–Crippen MR) is 137 cm³/mol. The van der Waals surface area contributed by atoms with Gasteiger partial charge in [-0.3, -0.25) is 19.7 Å². The summed E-state index contributed by atoms with van der Waals surface area (Å²) in [4.78, 5) is 55.5. The van der Waals surface area contributed by atoms with Crippen molar-refractivity contribution in [1.29, 1.82) is 0 Å². The number of fused-ring (bicyclic) bond motifs is 1. The smallest absolute Gasteiger partial charge is 0.338 e. The Balaban J connectivity index is 1.25. The van der Waals surface area contributed by atoms with Crippen LogP contribution in [0.1, 0.15) is 36.1 Å². The Kier molecular flexibility index (Phi) is 5.24. The number of aromatic nitrogens is 1. The summed E-state index contributed by atoms with van der Waals surface area (Å²) in [6.45, 7) is 0.0238. The van der Waals surface area contributed by atoms with E-state index in [0.717, 1.165) is 15.1 Å². The summed E-state index contributed by atoms with van der Waals surface area (Å²) < 4.78 is 6.39. The maximum absolute atomic E-state index is 13.3. The van der Waals surface area contributed by atoms with Gasteiger partial charge in [0.25, 0.3) is 17.5 Å². The lowest BCUT2D eigenvalue weighted by atomic mass is 9.92. The van der Waals surface area contributed by atoms with Crippen molar-refractivity contribution in [3.63, 3.8) is 0 Å². The van der Waals surface area contributed by atoms with E-state index in [4.69, 9.17) is 4.74 Å². The lowest BCUT2D eigenvalue weighted by molar-refractivity contribution is -0.383. The van der Waals surface area contributed by atoms with Gasteiger partial charge in [0.1, 0.15) is 11.6 Å². The molecular formula is C27H15N3O6S. The number of hydrogen-bond acceptors (Lipinski definition) is 8. The molecule has 1 aliphatic heterocycles. The summed E-state index contributed by atoms with van der Waals surface area (Å²) in [7, 11) is 0. The fraction of sp³-hybridized carbons (Fsp3) is 0.0370. The second kappa shape index (κ2) is 8.61. The number of ether oxygens (including phenoxy) is 1. The number of imide groups is 1. The summed E-state index contributed by atoms with van der Waals surface area (Å²) in [5.41, 5.74) is 1.55. The summed E-state index contributed by atoms with van der Waals surface area (Å²) in [6.07, 6.45) is 0. The minimum atomic E-state index is -0.602. The number of nitro benzene ring substituents is 1. The van der Waals surface area contributed by atoms with Gasteiger partial charge in [0.05, 0.1) is 31.8 Å². The third-order valence-electron chi connectivity index (χ3n) is 6.11. The van der Waals surface area contributed by atoms with Gasteiger partial charge in [-0.25, -0.2) is 14.7 Å². The highest BCUT2D eigenvalue weighted by Gasteiger charge is 2.35. The van der Waals surface area contributed by atoms with Gasteiger partial charge in [0.2, 0.25) is 0 Å². The highest BCUT2D eigenvalue weighted by molar-refractivity contribution is 7.18. The van der Waals surface area contributed by atoms with Crippen LogP contribution in [-0.4, -0.2) is 27.7 Å². The second-order valence-electron chi connectivity index (χ2n) is 8.26. The average molecular weight is 509 g/mol. The average Bonchev–Trinajstić information content (AvgIpc) is 3.33. The van der Waals surface area contributed by atoms with E-state index in [-0.39, 0.29) is 45.4 Å². The number of nitro groups is 1. The number of nitrogens with zero attached hydrogens (tertiary/aromatic N) is 3. The van der Waals surface area contributed by atoms with E-state index in [1.807, 2.05) is 24.3 Å². The van der Waals surface area contributed by atoms with Gasteiger partial charge in [0, 0.05) is 22.6 Å². The second-order valence-corrected chi connectivity index (χ2v) is 9.38. The fourth-order valence-electron chi connectivity index (χ4n) is 4.41. The Hall–Kier alpha value is -4.96. The molecular weight excluding hydrogens is 494 g/mol. The summed E-state index contributed by atoms with van der Waals surface area (Å²) in [6, 6.07) is 20.8. The van der Waals surface area contributed by atoms with Crippen LogP contribution in [0, 0.1) is 10.1 Å². The lowest BCUT2D eigenvalue weighted by Crippen LogP contribution is -2.40. The first-order valence-electron chi connectivity index (χ1n) is 11.1. The maximum Gasteiger partial charge on any atom is 0.338 e. The summed E-state index contributed by atoms with van der Waals surface area (Å²) in [5, 5.41) is 12.6. The largest absolute Gasteiger partial charge is 0.455 e. The van der Waals surface area contributed by atoms with Gasteiger partial charge in [-0.2, -0.15) is 0 Å². The van der Waals surface area contributed by atoms with E-state index >= 15 is 0 Å². The number of carbonyl (C=O) groups excluding carboxylic acids is 3. The molecule has 9 nitrogen and oxygen atoms in total. The van der Waals surface area contributed by atoms with Crippen LogP contribution in [0.2, 0.25) is 0 Å². The Morgan fingerprint density at radius 1 is 0.919 bits per heavy atom. The fourth-order valence-corrected chi connectivity index (χ4v) is 5.29. The number of para-hydroxylation sites is 1. The van der Waals surface area contributed by atoms with Crippen molar-refractivity contribution < 1.29 is 24.0 Å². The van der Waals surface area contributed by atoms with Crippen LogP contribution in [0.5, 0.6) is 0 Å². The van der Waals surface area contributed by atoms with Gasteiger partial charge in [-0.05, 0) is 54.6 Å². The molecule has 1 aliphatic rings. The standard InChI is InChI=1S/C27H15N3O6S/c31-25-18-5-3-4-17-21(30(34)35)13-12-19(24(17)18)26(32)29(25)16-10-8-15(9-11-16)27(33)36-14-23-28-20-6-1-2-7-22(20)37-23/h1-13H,14H2. The van der Waals surface area contributed by atoms with Crippen LogP contribution in [0.25, 0.3) is 21.0 Å². The quantitative estimate of drug-likeness (QED) is 0.132. The zero-order valence-electron chi connectivity index (χ0n) is 18.9. The van der Waals surface area contributed by atoms with E-state index in [0.29, 0.717) is 5.01 Å². The van der Waals surface area contributed by atoms with E-state index in [1.54, 1.807) is 6.07 Å². The molecule has 4 aromatic carbocycles. The van der Waals surface area contributed by atoms with Crippen molar-refractivity contribution in [1.82, 2.24) is 4.98 Å². The topological polar surface area (TPSA) is 120 Å². The van der Waals surface area contributed by atoms with E-state index in [2.05, 4.69) is 4.98 Å². The molecule has 0 atom stereocenters. The third-order valence-corrected chi connectivity index (χ3v) is 7.12. The Labute approximate surface area is 212 Å². The van der Waals surface area contributed by atoms with Crippen molar-refractivity contribution in [2.24, 2.45) is 0 Å². The van der Waals surface area contributed by atoms with Crippen molar-refractivity contribution in [2.75, 3.05) is 4.90 Å². The SMILES string of the molecule is O=C(OCc1nc2ccccc2s1)c1ccc(N2C(=O)c3cccc4c([N+](=O)[O-])ccc(c34)C2=O)cc1. The molecule has 5 aromatic rings. The Morgan fingerprint density at radius 2 is 1.65 bits per heavy atom. The van der Waals surface area contributed by atoms with Crippen LogP contribution in [0.3, 0.4) is 0 Å². The zero-order valence-corrected chi connectivity index (χ0v) is 19.7. The first-order chi connectivity index (χ1) is 17.9. The number of esters is 1. The van der Waals surface area contributed by atoms with Crippen molar-refractivity contribution in [3.8, 4) is 0 Å². The lowest BCUT2D eigenvalue weighted by Gasteiger charge is -2.27. The molecule has 0 spiro atoms. The molecule has 0 aliphatic carbocycles. The summed E-state index contributed by atoms with van der Waals surface area (Å²) in [5.74, 6) is -1.77. The van der Waals surface area contributed by atoms with Crippen molar-refractivity contribution >= 4 is 61.5 Å². The van der Waals surface area contributed by atoms with E-state index in [9.17, 15) is 24.5 Å². The predicted octanol–water partition coefficient (Wildman–Crippen LogP) is 5.52. The molecule has 0 saturated carbocycles. The first kappa shape index (κ1) is 22.5. The molecule has 2 amide bonds. The van der Waals surface area contributed by atoms with Crippen LogP contribution < -0.4 is 4.90 Å². The number of anilines is 1. The summed E-state index contributed by atoms with van der Waals surface area (Å²) >= 11 is 1.44. The van der Waals surface area contributed by atoms with Gasteiger partial charge >= 0.3 is 5.97 Å². The van der Waals surface area contributed by atoms with Gasteiger partial charge in [-0.1, -0.05) is 18.2 Å². The highest BCUT2D eigenvalue weighted by atomic mass is 32.1. The zero-order chi connectivity index (χ0) is 25.7. The van der Waals surface area contributed by atoms with E-state index < -0.39 is 22.7 Å². The van der Waals surface area contributed by atoms with Gasteiger partial charge in [0.15, 0.2) is 0 Å². The minimum Gasteiger partial charge on any atom is -0.455 e. The molecule has 0 saturated heterocycles. The van der Waals surface area contributed by atoms with Crippen LogP contribution in [0.15, 0.2) is 78.9 Å². The normalized spacial score (nSPS) is 12.8. The Morgan fingerprint density at radius 3 is 2.38 bits per heavy atom. The molecule has 6 rings (SSSR count). The molecule has 180 valence electrons. The molecule has 0 fully saturated rings. The number of carbonyl (C=O) groups is 3. The molecule has 2 heterocycles.